The van der Waals surface area contributed by atoms with Gasteiger partial charge in [-0.2, -0.15) is 0 Å². The van der Waals surface area contributed by atoms with E-state index in [1.54, 1.807) is 0 Å². The number of aliphatic hydroxyl groups excluding tert-OH is 2. The summed E-state index contributed by atoms with van der Waals surface area (Å²) in [7, 11) is 0. The number of aryl methyl sites for hydroxylation is 1. The van der Waals surface area contributed by atoms with Crippen molar-refractivity contribution in [1.82, 2.24) is 4.90 Å². The molecule has 0 amide bonds. The molecule has 2 saturated heterocycles. The molecule has 5 atom stereocenters. The molecular weight excluding hydrogens is 354 g/mol. The lowest BCUT2D eigenvalue weighted by molar-refractivity contribution is -0.287. The average molecular weight is 383 g/mol. The molecule has 0 aromatic heterocycles. The van der Waals surface area contributed by atoms with E-state index in [2.05, 4.69) is 29.2 Å². The SMILES string of the molecule is O[C@H]1[C@@H]2OC(c3ccccc3)OCC2N(CCCCc2ccccc2)C[C@@H]1O. The molecule has 2 unspecified atom stereocenters. The zero-order valence-electron chi connectivity index (χ0n) is 16.1. The van der Waals surface area contributed by atoms with Crippen molar-refractivity contribution in [3.05, 3.63) is 71.8 Å². The maximum absolute atomic E-state index is 10.5. The first-order valence-corrected chi connectivity index (χ1v) is 10.2. The molecule has 0 radical (unpaired) electrons. The van der Waals surface area contributed by atoms with Gasteiger partial charge >= 0.3 is 0 Å². The summed E-state index contributed by atoms with van der Waals surface area (Å²) in [6.45, 7) is 1.81. The lowest BCUT2D eigenvalue weighted by Gasteiger charge is -2.49. The maximum atomic E-state index is 10.5. The van der Waals surface area contributed by atoms with E-state index in [0.29, 0.717) is 13.2 Å². The van der Waals surface area contributed by atoms with Crippen LogP contribution in [0, 0.1) is 0 Å². The molecule has 5 heteroatoms. The van der Waals surface area contributed by atoms with E-state index >= 15 is 0 Å². The summed E-state index contributed by atoms with van der Waals surface area (Å²) < 4.78 is 12.1. The third-order valence-corrected chi connectivity index (χ3v) is 5.78. The Labute approximate surface area is 166 Å². The van der Waals surface area contributed by atoms with Gasteiger partial charge < -0.3 is 19.7 Å². The van der Waals surface area contributed by atoms with E-state index in [0.717, 1.165) is 31.4 Å². The Morgan fingerprint density at radius 1 is 0.929 bits per heavy atom. The largest absolute Gasteiger partial charge is 0.389 e. The molecule has 28 heavy (non-hydrogen) atoms. The highest BCUT2D eigenvalue weighted by Gasteiger charge is 2.46. The van der Waals surface area contributed by atoms with Crippen LogP contribution in [-0.2, 0) is 15.9 Å². The zero-order chi connectivity index (χ0) is 19.3. The van der Waals surface area contributed by atoms with E-state index in [1.807, 2.05) is 36.4 Å². The summed E-state index contributed by atoms with van der Waals surface area (Å²) in [6, 6.07) is 20.2. The first kappa shape index (κ1) is 19.6. The first-order chi connectivity index (χ1) is 13.7. The van der Waals surface area contributed by atoms with Crippen molar-refractivity contribution in [3.63, 3.8) is 0 Å². The number of β-amino-alcohol motifs (C(OH)–C–C–N with tert-alkyl or cyclic N) is 1. The lowest BCUT2D eigenvalue weighted by Crippen LogP contribution is -2.65. The average Bonchev–Trinajstić information content (AvgIpc) is 2.75. The fourth-order valence-electron chi connectivity index (χ4n) is 4.21. The van der Waals surface area contributed by atoms with Crippen LogP contribution in [0.2, 0.25) is 0 Å². The van der Waals surface area contributed by atoms with E-state index in [4.69, 9.17) is 9.47 Å². The van der Waals surface area contributed by atoms with Crippen LogP contribution in [-0.4, -0.2) is 59.2 Å². The van der Waals surface area contributed by atoms with Crippen molar-refractivity contribution in [3.8, 4) is 0 Å². The minimum atomic E-state index is -0.888. The maximum Gasteiger partial charge on any atom is 0.184 e. The highest BCUT2D eigenvalue weighted by Crippen LogP contribution is 2.33. The Balaban J connectivity index is 1.34. The third kappa shape index (κ3) is 4.45. The summed E-state index contributed by atoms with van der Waals surface area (Å²) in [5.41, 5.74) is 2.28. The van der Waals surface area contributed by atoms with Crippen molar-refractivity contribution in [1.29, 1.82) is 0 Å². The van der Waals surface area contributed by atoms with Gasteiger partial charge in [0.1, 0.15) is 12.2 Å². The van der Waals surface area contributed by atoms with Gasteiger partial charge in [0, 0.05) is 12.1 Å². The molecule has 2 heterocycles. The number of piperidine rings is 1. The van der Waals surface area contributed by atoms with Crippen LogP contribution in [0.25, 0.3) is 0 Å². The van der Waals surface area contributed by atoms with Crippen LogP contribution in [0.5, 0.6) is 0 Å². The molecule has 2 aliphatic heterocycles. The Morgan fingerprint density at radius 2 is 1.64 bits per heavy atom. The fourth-order valence-corrected chi connectivity index (χ4v) is 4.21. The van der Waals surface area contributed by atoms with Crippen LogP contribution >= 0.6 is 0 Å². The number of benzene rings is 2. The highest BCUT2D eigenvalue weighted by atomic mass is 16.7. The van der Waals surface area contributed by atoms with Crippen LogP contribution in [0.3, 0.4) is 0 Å². The smallest absolute Gasteiger partial charge is 0.184 e. The number of nitrogens with zero attached hydrogens (tertiary/aromatic N) is 1. The Kier molecular flexibility index (Phi) is 6.40. The van der Waals surface area contributed by atoms with Crippen LogP contribution in [0.1, 0.15) is 30.3 Å². The van der Waals surface area contributed by atoms with Crippen molar-refractivity contribution < 1.29 is 19.7 Å². The van der Waals surface area contributed by atoms with Gasteiger partial charge in [0.05, 0.1) is 18.8 Å². The molecule has 0 saturated carbocycles. The Hall–Kier alpha value is -1.76. The van der Waals surface area contributed by atoms with Gasteiger partial charge in [-0.3, -0.25) is 4.90 Å². The van der Waals surface area contributed by atoms with E-state index in [1.165, 1.54) is 5.56 Å². The topological polar surface area (TPSA) is 62.2 Å². The van der Waals surface area contributed by atoms with Crippen molar-refractivity contribution in [2.45, 2.75) is 49.9 Å². The number of likely N-dealkylation sites (tertiary alicyclic amines) is 1. The first-order valence-electron chi connectivity index (χ1n) is 10.2. The molecule has 0 aliphatic carbocycles. The normalized spacial score (nSPS) is 30.7. The molecular formula is C23H29NO4. The number of hydrogen-bond acceptors (Lipinski definition) is 5. The van der Waals surface area contributed by atoms with Gasteiger partial charge in [-0.25, -0.2) is 0 Å². The van der Waals surface area contributed by atoms with E-state index in [-0.39, 0.29) is 6.04 Å². The quantitative estimate of drug-likeness (QED) is 0.751. The third-order valence-electron chi connectivity index (χ3n) is 5.78. The van der Waals surface area contributed by atoms with Gasteiger partial charge in [0.15, 0.2) is 6.29 Å². The number of ether oxygens (including phenoxy) is 2. The fraction of sp³-hybridized carbons (Fsp3) is 0.478. The van der Waals surface area contributed by atoms with Crippen molar-refractivity contribution in [2.75, 3.05) is 19.7 Å². The predicted molar refractivity (Wildman–Crippen MR) is 107 cm³/mol. The van der Waals surface area contributed by atoms with Crippen molar-refractivity contribution >= 4 is 0 Å². The lowest BCUT2D eigenvalue weighted by atomic mass is 9.92. The molecule has 150 valence electrons. The molecule has 2 aromatic rings. The van der Waals surface area contributed by atoms with Gasteiger partial charge in [-0.15, -0.1) is 0 Å². The Morgan fingerprint density at radius 3 is 2.39 bits per heavy atom. The van der Waals surface area contributed by atoms with Crippen LogP contribution < -0.4 is 0 Å². The molecule has 2 aromatic carbocycles. The molecule has 5 nitrogen and oxygen atoms in total. The van der Waals surface area contributed by atoms with Gasteiger partial charge in [-0.1, -0.05) is 60.7 Å². The molecule has 0 spiro atoms. The van der Waals surface area contributed by atoms with Gasteiger partial charge in [0.2, 0.25) is 0 Å². The monoisotopic (exact) mass is 383 g/mol. The summed E-state index contributed by atoms with van der Waals surface area (Å²) in [6.07, 6.45) is 0.537. The summed E-state index contributed by atoms with van der Waals surface area (Å²) in [5.74, 6) is 0. The molecule has 2 fully saturated rings. The van der Waals surface area contributed by atoms with Crippen LogP contribution in [0.15, 0.2) is 60.7 Å². The summed E-state index contributed by atoms with van der Waals surface area (Å²) >= 11 is 0. The highest BCUT2D eigenvalue weighted by molar-refractivity contribution is 5.17. The second kappa shape index (κ2) is 9.16. The van der Waals surface area contributed by atoms with E-state index in [9.17, 15) is 10.2 Å². The molecule has 4 rings (SSSR count). The minimum Gasteiger partial charge on any atom is -0.389 e. The number of rotatable bonds is 6. The summed E-state index contributed by atoms with van der Waals surface area (Å²) in [4.78, 5) is 2.22. The summed E-state index contributed by atoms with van der Waals surface area (Å²) in [5, 5.41) is 20.9. The minimum absolute atomic E-state index is 0.0323. The van der Waals surface area contributed by atoms with Gasteiger partial charge in [0.25, 0.3) is 0 Å². The second-order valence-electron chi connectivity index (χ2n) is 7.74. The number of hydrogen-bond donors (Lipinski definition) is 2. The predicted octanol–water partition coefficient (Wildman–Crippen LogP) is 2.53. The second-order valence-corrected chi connectivity index (χ2v) is 7.74. The van der Waals surface area contributed by atoms with Crippen molar-refractivity contribution in [2.24, 2.45) is 0 Å². The molecule has 0 bridgehead atoms. The Bertz CT molecular complexity index is 726. The van der Waals surface area contributed by atoms with E-state index < -0.39 is 24.6 Å². The number of unbranched alkanes of at least 4 members (excludes halogenated alkanes) is 1. The molecule has 2 N–H and O–H groups in total. The van der Waals surface area contributed by atoms with Crippen LogP contribution in [0.4, 0.5) is 0 Å². The molecule has 2 aliphatic rings. The number of aliphatic hydroxyl groups is 2. The van der Waals surface area contributed by atoms with Gasteiger partial charge in [-0.05, 0) is 31.4 Å². The standard InChI is InChI=1S/C23H29NO4/c25-20-15-24(14-8-7-11-17-9-3-1-4-10-17)19-16-27-23(28-22(19)21(20)26)18-12-5-2-6-13-18/h1-6,9-10,12-13,19-23,25-26H,7-8,11,14-16H2/t19?,20-,21+,22+,23?/m0/s1. The zero-order valence-corrected chi connectivity index (χ0v) is 16.1. The number of fused-ring (bicyclic) bond motifs is 1.